The number of aromatic nitrogens is 1. The van der Waals surface area contributed by atoms with Crippen molar-refractivity contribution in [2.75, 3.05) is 23.3 Å². The Labute approximate surface area is 136 Å². The lowest BCUT2D eigenvalue weighted by Crippen LogP contribution is -2.25. The minimum absolute atomic E-state index is 0.300. The second kappa shape index (κ2) is 8.27. The molecule has 0 atom stereocenters. The topological polar surface area (TPSA) is 45.2 Å². The van der Waals surface area contributed by atoms with Crippen LogP contribution in [0, 0.1) is 5.82 Å². The lowest BCUT2D eigenvalue weighted by Gasteiger charge is -2.23. The molecule has 0 aliphatic heterocycles. The highest BCUT2D eigenvalue weighted by atomic mass is 19.1. The van der Waals surface area contributed by atoms with E-state index in [-0.39, 0.29) is 11.7 Å². The van der Waals surface area contributed by atoms with Crippen LogP contribution in [-0.2, 0) is 0 Å². The number of carbonyl (C=O) groups is 1. The first-order valence-corrected chi connectivity index (χ1v) is 7.92. The number of hydrogen-bond donors (Lipinski definition) is 1. The van der Waals surface area contributed by atoms with E-state index in [4.69, 9.17) is 0 Å². The van der Waals surface area contributed by atoms with Crippen molar-refractivity contribution in [3.8, 4) is 0 Å². The van der Waals surface area contributed by atoms with E-state index in [0.717, 1.165) is 31.6 Å². The summed E-state index contributed by atoms with van der Waals surface area (Å²) in [4.78, 5) is 18.7. The lowest BCUT2D eigenvalue weighted by atomic mass is 10.2. The van der Waals surface area contributed by atoms with Gasteiger partial charge < -0.3 is 10.2 Å². The van der Waals surface area contributed by atoms with Crippen molar-refractivity contribution < 1.29 is 9.18 Å². The van der Waals surface area contributed by atoms with Crippen LogP contribution in [0.25, 0.3) is 0 Å². The Bertz CT molecular complexity index is 637. The largest absolute Gasteiger partial charge is 0.371 e. The Morgan fingerprint density at radius 1 is 1.13 bits per heavy atom. The summed E-state index contributed by atoms with van der Waals surface area (Å²) in [6.45, 7) is 6.14. The predicted octanol–water partition coefficient (Wildman–Crippen LogP) is 4.10. The molecule has 2 aromatic rings. The highest BCUT2D eigenvalue weighted by Gasteiger charge is 2.11. The Hall–Kier alpha value is -2.43. The van der Waals surface area contributed by atoms with Crippen molar-refractivity contribution in [2.45, 2.75) is 26.7 Å². The third-order valence-electron chi connectivity index (χ3n) is 3.43. The van der Waals surface area contributed by atoms with E-state index < -0.39 is 0 Å². The zero-order valence-corrected chi connectivity index (χ0v) is 13.6. The van der Waals surface area contributed by atoms with Gasteiger partial charge in [-0.1, -0.05) is 13.8 Å². The molecule has 0 fully saturated rings. The van der Waals surface area contributed by atoms with Gasteiger partial charge in [-0.05, 0) is 49.2 Å². The average molecular weight is 315 g/mol. The standard InChI is InChI=1S/C18H22FN3O/c1-3-11-22(12-4-2)16-9-10-20-17(13-16)18(23)21-15-7-5-14(19)6-8-15/h5-10,13H,3-4,11-12H2,1-2H3,(H,21,23). The van der Waals surface area contributed by atoms with Crippen molar-refractivity contribution >= 4 is 17.3 Å². The Morgan fingerprint density at radius 2 is 1.78 bits per heavy atom. The second-order valence-corrected chi connectivity index (χ2v) is 5.35. The van der Waals surface area contributed by atoms with Crippen LogP contribution in [0.2, 0.25) is 0 Å². The zero-order valence-electron chi connectivity index (χ0n) is 13.6. The van der Waals surface area contributed by atoms with Crippen LogP contribution in [0.5, 0.6) is 0 Å². The van der Waals surface area contributed by atoms with Gasteiger partial charge in [0.25, 0.3) is 5.91 Å². The molecule has 0 aliphatic carbocycles. The quantitative estimate of drug-likeness (QED) is 0.836. The van der Waals surface area contributed by atoms with Crippen LogP contribution in [0.4, 0.5) is 15.8 Å². The van der Waals surface area contributed by atoms with Gasteiger partial charge in [0, 0.05) is 30.7 Å². The fraction of sp³-hybridized carbons (Fsp3) is 0.333. The van der Waals surface area contributed by atoms with E-state index >= 15 is 0 Å². The first kappa shape index (κ1) is 16.9. The van der Waals surface area contributed by atoms with Crippen molar-refractivity contribution in [1.82, 2.24) is 4.98 Å². The van der Waals surface area contributed by atoms with Crippen LogP contribution in [0.15, 0.2) is 42.6 Å². The van der Waals surface area contributed by atoms with Crippen molar-refractivity contribution in [1.29, 1.82) is 0 Å². The first-order valence-electron chi connectivity index (χ1n) is 7.92. The zero-order chi connectivity index (χ0) is 16.7. The molecule has 1 heterocycles. The number of pyridine rings is 1. The van der Waals surface area contributed by atoms with Crippen LogP contribution in [0.1, 0.15) is 37.2 Å². The van der Waals surface area contributed by atoms with Crippen molar-refractivity contribution in [2.24, 2.45) is 0 Å². The maximum absolute atomic E-state index is 12.9. The van der Waals surface area contributed by atoms with E-state index in [1.165, 1.54) is 24.3 Å². The molecule has 0 radical (unpaired) electrons. The van der Waals surface area contributed by atoms with E-state index in [1.54, 1.807) is 12.3 Å². The molecular weight excluding hydrogens is 293 g/mol. The Kier molecular flexibility index (Phi) is 6.09. The molecule has 122 valence electrons. The maximum atomic E-state index is 12.9. The van der Waals surface area contributed by atoms with Crippen molar-refractivity contribution in [3.05, 3.63) is 54.1 Å². The number of halogens is 1. The highest BCUT2D eigenvalue weighted by Crippen LogP contribution is 2.17. The summed E-state index contributed by atoms with van der Waals surface area (Å²) in [5.41, 5.74) is 1.89. The Balaban J connectivity index is 2.14. The number of carbonyl (C=O) groups excluding carboxylic acids is 1. The summed E-state index contributed by atoms with van der Waals surface area (Å²) in [5.74, 6) is -0.635. The number of rotatable bonds is 7. The molecule has 0 bridgehead atoms. The molecule has 1 aromatic heterocycles. The summed E-state index contributed by atoms with van der Waals surface area (Å²) in [5, 5.41) is 2.73. The summed E-state index contributed by atoms with van der Waals surface area (Å²) in [6, 6.07) is 9.38. The summed E-state index contributed by atoms with van der Waals surface area (Å²) >= 11 is 0. The molecule has 2 rings (SSSR count). The molecule has 1 amide bonds. The van der Waals surface area contributed by atoms with Crippen molar-refractivity contribution in [3.63, 3.8) is 0 Å². The third kappa shape index (κ3) is 4.77. The summed E-state index contributed by atoms with van der Waals surface area (Å²) < 4.78 is 12.9. The van der Waals surface area contributed by atoms with Gasteiger partial charge in [-0.15, -0.1) is 0 Å². The molecule has 0 saturated carbocycles. The highest BCUT2D eigenvalue weighted by molar-refractivity contribution is 6.03. The number of nitrogens with zero attached hydrogens (tertiary/aromatic N) is 2. The van der Waals surface area contributed by atoms with E-state index in [9.17, 15) is 9.18 Å². The summed E-state index contributed by atoms with van der Waals surface area (Å²) in [6.07, 6.45) is 3.73. The average Bonchev–Trinajstić information content (AvgIpc) is 2.57. The normalized spacial score (nSPS) is 10.4. The van der Waals surface area contributed by atoms with E-state index in [0.29, 0.717) is 11.4 Å². The summed E-state index contributed by atoms with van der Waals surface area (Å²) in [7, 11) is 0. The molecular formula is C18H22FN3O. The molecule has 23 heavy (non-hydrogen) atoms. The second-order valence-electron chi connectivity index (χ2n) is 5.35. The van der Waals surface area contributed by atoms with Gasteiger partial charge in [-0.2, -0.15) is 0 Å². The van der Waals surface area contributed by atoms with Gasteiger partial charge in [0.2, 0.25) is 0 Å². The number of benzene rings is 1. The van der Waals surface area contributed by atoms with E-state index in [2.05, 4.69) is 29.0 Å². The minimum Gasteiger partial charge on any atom is -0.371 e. The predicted molar refractivity (Wildman–Crippen MR) is 91.4 cm³/mol. The molecule has 0 aliphatic rings. The maximum Gasteiger partial charge on any atom is 0.274 e. The molecule has 4 nitrogen and oxygen atoms in total. The SMILES string of the molecule is CCCN(CCC)c1ccnc(C(=O)Nc2ccc(F)cc2)c1. The minimum atomic E-state index is -0.335. The van der Waals surface area contributed by atoms with Crippen LogP contribution in [-0.4, -0.2) is 24.0 Å². The molecule has 0 unspecified atom stereocenters. The number of amides is 1. The van der Waals surface area contributed by atoms with Gasteiger partial charge in [-0.3, -0.25) is 9.78 Å². The van der Waals surface area contributed by atoms with Gasteiger partial charge >= 0.3 is 0 Å². The van der Waals surface area contributed by atoms with Crippen LogP contribution >= 0.6 is 0 Å². The monoisotopic (exact) mass is 315 g/mol. The molecule has 1 aromatic carbocycles. The fourth-order valence-corrected chi connectivity index (χ4v) is 2.38. The smallest absolute Gasteiger partial charge is 0.274 e. The van der Waals surface area contributed by atoms with Crippen LogP contribution < -0.4 is 10.2 Å². The first-order chi connectivity index (χ1) is 11.1. The molecule has 5 heteroatoms. The van der Waals surface area contributed by atoms with E-state index in [1.807, 2.05) is 6.07 Å². The van der Waals surface area contributed by atoms with Gasteiger partial charge in [0.15, 0.2) is 0 Å². The molecule has 1 N–H and O–H groups in total. The Morgan fingerprint density at radius 3 is 2.39 bits per heavy atom. The number of hydrogen-bond acceptors (Lipinski definition) is 3. The third-order valence-corrected chi connectivity index (χ3v) is 3.43. The van der Waals surface area contributed by atoms with Crippen LogP contribution in [0.3, 0.4) is 0 Å². The van der Waals surface area contributed by atoms with Gasteiger partial charge in [0.05, 0.1) is 0 Å². The molecule has 0 spiro atoms. The number of anilines is 2. The van der Waals surface area contributed by atoms with Gasteiger partial charge in [-0.25, -0.2) is 4.39 Å². The van der Waals surface area contributed by atoms with Gasteiger partial charge in [0.1, 0.15) is 11.5 Å². The molecule has 0 saturated heterocycles. The fourth-order valence-electron chi connectivity index (χ4n) is 2.38. The lowest BCUT2D eigenvalue weighted by molar-refractivity contribution is 0.102. The number of nitrogens with one attached hydrogen (secondary N) is 1.